The third kappa shape index (κ3) is 3.76. The highest BCUT2D eigenvalue weighted by atomic mass is 32.1. The van der Waals surface area contributed by atoms with E-state index in [0.717, 1.165) is 5.56 Å². The van der Waals surface area contributed by atoms with Gasteiger partial charge in [-0.2, -0.15) is 5.26 Å². The van der Waals surface area contributed by atoms with Gasteiger partial charge in [-0.15, -0.1) is 11.3 Å². The van der Waals surface area contributed by atoms with Crippen LogP contribution in [-0.4, -0.2) is 18.5 Å². The second-order valence-corrected chi connectivity index (χ2v) is 5.85. The molecule has 0 aliphatic carbocycles. The van der Waals surface area contributed by atoms with Crippen LogP contribution in [0.4, 0.5) is 5.00 Å². The quantitative estimate of drug-likeness (QED) is 0.707. The van der Waals surface area contributed by atoms with Crippen molar-refractivity contribution in [1.29, 1.82) is 5.26 Å². The first-order valence-corrected chi connectivity index (χ1v) is 8.14. The minimum absolute atomic E-state index is 0.0350. The van der Waals surface area contributed by atoms with E-state index in [4.69, 9.17) is 14.4 Å². The highest BCUT2D eigenvalue weighted by Crippen LogP contribution is 2.25. The molecule has 6 nitrogen and oxygen atoms in total. The average Bonchev–Trinajstić information content (AvgIpc) is 3.29. The van der Waals surface area contributed by atoms with Gasteiger partial charge in [-0.1, -0.05) is 30.3 Å². The third-order valence-corrected chi connectivity index (χ3v) is 4.14. The van der Waals surface area contributed by atoms with Crippen molar-refractivity contribution < 1.29 is 18.7 Å². The topological polar surface area (TPSA) is 92.3 Å². The van der Waals surface area contributed by atoms with Crippen molar-refractivity contribution in [2.24, 2.45) is 0 Å². The second kappa shape index (κ2) is 7.47. The molecule has 7 heteroatoms. The van der Waals surface area contributed by atoms with Gasteiger partial charge in [-0.3, -0.25) is 4.79 Å². The monoisotopic (exact) mass is 352 g/mol. The Morgan fingerprint density at radius 3 is 2.76 bits per heavy atom. The third-order valence-electron chi connectivity index (χ3n) is 3.31. The van der Waals surface area contributed by atoms with Gasteiger partial charge in [0.1, 0.15) is 11.1 Å². The number of nitrogens with one attached hydrogen (secondary N) is 1. The SMILES string of the molecule is N#Cc1ccsc1NC(=O)COC(=O)c1occc1-c1ccccc1. The first kappa shape index (κ1) is 16.5. The van der Waals surface area contributed by atoms with Gasteiger partial charge in [0.2, 0.25) is 5.76 Å². The normalized spacial score (nSPS) is 10.0. The lowest BCUT2D eigenvalue weighted by atomic mass is 10.1. The fraction of sp³-hybridized carbons (Fsp3) is 0.0556. The summed E-state index contributed by atoms with van der Waals surface area (Å²) in [7, 11) is 0. The van der Waals surface area contributed by atoms with Crippen LogP contribution in [-0.2, 0) is 9.53 Å². The predicted octanol–water partition coefficient (Wildman–Crippen LogP) is 3.68. The fourth-order valence-electron chi connectivity index (χ4n) is 2.17. The largest absolute Gasteiger partial charge is 0.457 e. The Hall–Kier alpha value is -3.37. The number of carbonyl (C=O) groups excluding carboxylic acids is 2. The Balaban J connectivity index is 1.63. The maximum atomic E-state index is 12.2. The maximum Gasteiger partial charge on any atom is 0.375 e. The summed E-state index contributed by atoms with van der Waals surface area (Å²) in [5.74, 6) is -1.22. The molecule has 0 saturated heterocycles. The fourth-order valence-corrected chi connectivity index (χ4v) is 2.92. The van der Waals surface area contributed by atoms with Gasteiger partial charge < -0.3 is 14.5 Å². The molecule has 0 fully saturated rings. The molecule has 1 amide bonds. The Kier molecular flexibility index (Phi) is 4.92. The Morgan fingerprint density at radius 2 is 2.00 bits per heavy atom. The molecule has 0 spiro atoms. The Bertz CT molecular complexity index is 937. The Morgan fingerprint density at radius 1 is 1.20 bits per heavy atom. The molecule has 0 saturated carbocycles. The number of esters is 1. The summed E-state index contributed by atoms with van der Waals surface area (Å²) in [4.78, 5) is 24.1. The minimum atomic E-state index is -0.731. The number of anilines is 1. The van der Waals surface area contributed by atoms with Crippen LogP contribution >= 0.6 is 11.3 Å². The molecule has 0 unspecified atom stereocenters. The average molecular weight is 352 g/mol. The van der Waals surface area contributed by atoms with E-state index in [2.05, 4.69) is 5.32 Å². The minimum Gasteiger partial charge on any atom is -0.457 e. The maximum absolute atomic E-state index is 12.2. The number of benzene rings is 1. The number of hydrogen-bond donors (Lipinski definition) is 1. The van der Waals surface area contributed by atoms with E-state index in [1.807, 2.05) is 36.4 Å². The van der Waals surface area contributed by atoms with Gasteiger partial charge in [0, 0.05) is 5.56 Å². The zero-order valence-corrected chi connectivity index (χ0v) is 13.7. The van der Waals surface area contributed by atoms with Gasteiger partial charge in [0.05, 0.1) is 11.8 Å². The number of thiophene rings is 1. The van der Waals surface area contributed by atoms with Crippen molar-refractivity contribution in [3.05, 3.63) is 65.4 Å². The summed E-state index contributed by atoms with van der Waals surface area (Å²) in [5.41, 5.74) is 1.77. The molecule has 0 radical (unpaired) electrons. The van der Waals surface area contributed by atoms with Crippen LogP contribution in [0.2, 0.25) is 0 Å². The molecule has 0 aliphatic heterocycles. The molecule has 0 aliphatic rings. The molecule has 0 atom stereocenters. The van der Waals surface area contributed by atoms with Crippen molar-refractivity contribution in [3.63, 3.8) is 0 Å². The molecule has 0 bridgehead atoms. The number of rotatable bonds is 5. The van der Waals surface area contributed by atoms with Gasteiger partial charge in [-0.25, -0.2) is 4.79 Å². The van der Waals surface area contributed by atoms with Gasteiger partial charge in [0.25, 0.3) is 5.91 Å². The lowest BCUT2D eigenvalue weighted by Crippen LogP contribution is -2.20. The van der Waals surface area contributed by atoms with Crippen LogP contribution in [0.15, 0.2) is 58.5 Å². The predicted molar refractivity (Wildman–Crippen MR) is 92.1 cm³/mol. The first-order chi connectivity index (χ1) is 12.2. The van der Waals surface area contributed by atoms with Crippen LogP contribution in [0.1, 0.15) is 16.1 Å². The van der Waals surface area contributed by atoms with Crippen molar-refractivity contribution in [2.45, 2.75) is 0 Å². The van der Waals surface area contributed by atoms with Crippen LogP contribution in [0.5, 0.6) is 0 Å². The number of furan rings is 1. The van der Waals surface area contributed by atoms with Crippen molar-refractivity contribution >= 4 is 28.2 Å². The van der Waals surface area contributed by atoms with E-state index in [1.165, 1.54) is 17.6 Å². The van der Waals surface area contributed by atoms with E-state index in [1.54, 1.807) is 17.5 Å². The molecule has 1 aromatic carbocycles. The molecule has 2 aromatic heterocycles. The van der Waals surface area contributed by atoms with Crippen LogP contribution in [0.3, 0.4) is 0 Å². The molecule has 1 N–H and O–H groups in total. The van der Waals surface area contributed by atoms with Crippen molar-refractivity contribution in [2.75, 3.05) is 11.9 Å². The lowest BCUT2D eigenvalue weighted by molar-refractivity contribution is -0.119. The smallest absolute Gasteiger partial charge is 0.375 e. The summed E-state index contributed by atoms with van der Waals surface area (Å²) in [6.07, 6.45) is 1.39. The number of nitrogens with zero attached hydrogens (tertiary/aromatic N) is 1. The van der Waals surface area contributed by atoms with E-state index in [-0.39, 0.29) is 5.76 Å². The zero-order valence-electron chi connectivity index (χ0n) is 12.9. The van der Waals surface area contributed by atoms with Crippen LogP contribution < -0.4 is 5.32 Å². The highest BCUT2D eigenvalue weighted by molar-refractivity contribution is 7.14. The lowest BCUT2D eigenvalue weighted by Gasteiger charge is -2.06. The molecule has 2 heterocycles. The molecule has 3 rings (SSSR count). The number of hydrogen-bond acceptors (Lipinski definition) is 6. The van der Waals surface area contributed by atoms with Gasteiger partial charge in [-0.05, 0) is 23.1 Å². The summed E-state index contributed by atoms with van der Waals surface area (Å²) >= 11 is 1.22. The van der Waals surface area contributed by atoms with Crippen molar-refractivity contribution in [3.8, 4) is 17.2 Å². The van der Waals surface area contributed by atoms with E-state index in [9.17, 15) is 9.59 Å². The highest BCUT2D eigenvalue weighted by Gasteiger charge is 2.19. The van der Waals surface area contributed by atoms with E-state index < -0.39 is 18.5 Å². The first-order valence-electron chi connectivity index (χ1n) is 7.26. The molecule has 124 valence electrons. The number of nitriles is 1. The van der Waals surface area contributed by atoms with Crippen molar-refractivity contribution in [1.82, 2.24) is 0 Å². The number of amides is 1. The second-order valence-electron chi connectivity index (χ2n) is 4.93. The molecule has 25 heavy (non-hydrogen) atoms. The van der Waals surface area contributed by atoms with Crippen LogP contribution in [0, 0.1) is 11.3 Å². The summed E-state index contributed by atoms with van der Waals surface area (Å²) < 4.78 is 10.2. The summed E-state index contributed by atoms with van der Waals surface area (Å²) in [5, 5.41) is 13.6. The zero-order chi connectivity index (χ0) is 17.6. The molecular formula is C18H12N2O4S. The van der Waals surface area contributed by atoms with Gasteiger partial charge in [0.15, 0.2) is 6.61 Å². The van der Waals surface area contributed by atoms with E-state index in [0.29, 0.717) is 16.1 Å². The molecular weight excluding hydrogens is 340 g/mol. The van der Waals surface area contributed by atoms with E-state index >= 15 is 0 Å². The number of carbonyl (C=O) groups is 2. The summed E-state index contributed by atoms with van der Waals surface area (Å²) in [6.45, 7) is -0.476. The standard InChI is InChI=1S/C18H12N2O4S/c19-10-13-7-9-25-17(13)20-15(21)11-24-18(22)16-14(6-8-23-16)12-4-2-1-3-5-12/h1-9H,11H2,(H,20,21). The van der Waals surface area contributed by atoms with Gasteiger partial charge >= 0.3 is 5.97 Å². The summed E-state index contributed by atoms with van der Waals surface area (Å²) in [6, 6.07) is 14.5. The number of ether oxygens (including phenoxy) is 1. The Labute approximate surface area is 147 Å². The molecule has 3 aromatic rings. The van der Waals surface area contributed by atoms with Crippen LogP contribution in [0.25, 0.3) is 11.1 Å².